The van der Waals surface area contributed by atoms with Crippen molar-refractivity contribution in [3.8, 4) is 33.8 Å². The van der Waals surface area contributed by atoms with Crippen LogP contribution >= 0.6 is 0 Å². The number of nitrogens with zero attached hydrogens (tertiary/aromatic N) is 4. The van der Waals surface area contributed by atoms with Gasteiger partial charge in [-0.1, -0.05) is 56.7 Å². The van der Waals surface area contributed by atoms with Crippen LogP contribution in [0.5, 0.6) is 0 Å². The zero-order valence-corrected chi connectivity index (χ0v) is 22.3. The molecular formula is C29H27IrN4-. The molecule has 2 heterocycles. The first-order valence-electron chi connectivity index (χ1n) is 11.7. The SMILES string of the molecule is Cc1nc(C)nc(-c2ccc(-c3ccc(-c4[c-]cc5c(c4)C4(C)CCC5(C)C4)nc3)cc2)n1.[Ir]. The van der Waals surface area contributed by atoms with Crippen molar-refractivity contribution in [1.82, 2.24) is 19.9 Å². The van der Waals surface area contributed by atoms with Crippen LogP contribution in [0.25, 0.3) is 33.8 Å². The van der Waals surface area contributed by atoms with Crippen molar-refractivity contribution in [2.75, 3.05) is 0 Å². The Morgan fingerprint density at radius 3 is 2.03 bits per heavy atom. The van der Waals surface area contributed by atoms with Crippen LogP contribution in [0.2, 0.25) is 0 Å². The van der Waals surface area contributed by atoms with Crippen LogP contribution < -0.4 is 0 Å². The van der Waals surface area contributed by atoms with Crippen molar-refractivity contribution in [2.24, 2.45) is 0 Å². The Morgan fingerprint density at radius 2 is 1.38 bits per heavy atom. The van der Waals surface area contributed by atoms with E-state index in [2.05, 4.69) is 83.4 Å². The first kappa shape index (κ1) is 23.0. The van der Waals surface area contributed by atoms with E-state index in [9.17, 15) is 0 Å². The fraction of sp³-hybridized carbons (Fsp3) is 0.310. The minimum atomic E-state index is 0. The van der Waals surface area contributed by atoms with E-state index < -0.39 is 0 Å². The van der Waals surface area contributed by atoms with Gasteiger partial charge in [-0.25, -0.2) is 15.0 Å². The molecule has 6 rings (SSSR count). The summed E-state index contributed by atoms with van der Waals surface area (Å²) in [6, 6.07) is 20.7. The van der Waals surface area contributed by atoms with E-state index in [1.54, 1.807) is 0 Å². The first-order valence-corrected chi connectivity index (χ1v) is 11.7. The van der Waals surface area contributed by atoms with E-state index in [0.29, 0.717) is 16.7 Å². The maximum absolute atomic E-state index is 4.79. The average molecular weight is 624 g/mol. The van der Waals surface area contributed by atoms with Gasteiger partial charge in [-0.05, 0) is 54.3 Å². The largest absolute Gasteiger partial charge is 0.304 e. The predicted molar refractivity (Wildman–Crippen MR) is 131 cm³/mol. The number of rotatable bonds is 3. The van der Waals surface area contributed by atoms with Crippen molar-refractivity contribution in [3.05, 3.63) is 83.6 Å². The molecular weight excluding hydrogens is 597 g/mol. The van der Waals surface area contributed by atoms with Gasteiger partial charge in [0.15, 0.2) is 5.82 Å². The molecule has 1 radical (unpaired) electrons. The summed E-state index contributed by atoms with van der Waals surface area (Å²) in [5.74, 6) is 2.18. The Morgan fingerprint density at radius 1 is 0.765 bits per heavy atom. The van der Waals surface area contributed by atoms with Crippen molar-refractivity contribution in [3.63, 3.8) is 0 Å². The van der Waals surface area contributed by atoms with Gasteiger partial charge in [0.25, 0.3) is 0 Å². The summed E-state index contributed by atoms with van der Waals surface area (Å²) in [5.41, 5.74) is 8.92. The molecule has 34 heavy (non-hydrogen) atoms. The van der Waals surface area contributed by atoms with E-state index >= 15 is 0 Å². The third-order valence-electron chi connectivity index (χ3n) is 7.64. The summed E-state index contributed by atoms with van der Waals surface area (Å²) in [6.07, 6.45) is 5.80. The quantitative estimate of drug-likeness (QED) is 0.248. The Labute approximate surface area is 214 Å². The second-order valence-corrected chi connectivity index (χ2v) is 10.2. The van der Waals surface area contributed by atoms with E-state index in [-0.39, 0.29) is 20.1 Å². The summed E-state index contributed by atoms with van der Waals surface area (Å²) in [7, 11) is 0. The molecule has 0 spiro atoms. The number of benzene rings is 2. The standard InChI is InChI=1S/C29H27N4.Ir/c1-18-31-19(2)33-27(32-18)21-7-5-20(6-8-21)23-10-12-26(30-16-23)22-9-11-24-25(15-22)29(4)14-13-28(24,3)17-29;/h5-8,10-12,15-16H,13-14,17H2,1-4H3;/q-1;. The van der Waals surface area contributed by atoms with Crippen molar-refractivity contribution >= 4 is 0 Å². The zero-order valence-electron chi connectivity index (χ0n) is 19.9. The third-order valence-corrected chi connectivity index (χ3v) is 7.64. The van der Waals surface area contributed by atoms with Crippen LogP contribution in [0.3, 0.4) is 0 Å². The zero-order chi connectivity index (χ0) is 22.8. The van der Waals surface area contributed by atoms with E-state index in [1.165, 1.54) is 30.4 Å². The molecule has 2 aliphatic carbocycles. The number of pyridine rings is 1. The molecule has 2 atom stereocenters. The fourth-order valence-electron chi connectivity index (χ4n) is 5.97. The molecule has 4 nitrogen and oxygen atoms in total. The number of aromatic nitrogens is 4. The molecule has 1 saturated carbocycles. The molecule has 173 valence electrons. The molecule has 0 saturated heterocycles. The normalized spacial score (nSPS) is 22.4. The molecule has 2 aromatic heterocycles. The van der Waals surface area contributed by atoms with Crippen molar-refractivity contribution in [1.29, 1.82) is 0 Å². The monoisotopic (exact) mass is 624 g/mol. The van der Waals surface area contributed by atoms with Crippen LogP contribution in [0.15, 0.2) is 54.7 Å². The van der Waals surface area contributed by atoms with Gasteiger partial charge in [-0.15, -0.1) is 34.9 Å². The van der Waals surface area contributed by atoms with Crippen LogP contribution in [0.1, 0.15) is 55.9 Å². The van der Waals surface area contributed by atoms with E-state index in [1.807, 2.05) is 20.0 Å². The number of fused-ring (bicyclic) bond motifs is 5. The summed E-state index contributed by atoms with van der Waals surface area (Å²) in [4.78, 5) is 18.0. The Hall–Kier alpha value is -2.75. The van der Waals surface area contributed by atoms with Crippen molar-refractivity contribution in [2.45, 2.75) is 57.8 Å². The second-order valence-electron chi connectivity index (χ2n) is 10.2. The van der Waals surface area contributed by atoms with Gasteiger partial charge in [-0.2, -0.15) is 0 Å². The maximum Gasteiger partial charge on any atom is 0.163 e. The van der Waals surface area contributed by atoms with E-state index in [4.69, 9.17) is 4.98 Å². The second kappa shape index (κ2) is 8.18. The minimum Gasteiger partial charge on any atom is -0.304 e. The average Bonchev–Trinajstić information content (AvgIpc) is 3.26. The molecule has 2 aromatic carbocycles. The minimum absolute atomic E-state index is 0. The number of hydrogen-bond acceptors (Lipinski definition) is 4. The van der Waals surface area contributed by atoms with Gasteiger partial charge in [0.05, 0.1) is 0 Å². The molecule has 1 fully saturated rings. The fourth-order valence-corrected chi connectivity index (χ4v) is 5.97. The molecule has 2 aliphatic rings. The topological polar surface area (TPSA) is 51.6 Å². The first-order chi connectivity index (χ1) is 15.8. The van der Waals surface area contributed by atoms with E-state index in [0.717, 1.165) is 39.6 Å². The van der Waals surface area contributed by atoms with Crippen LogP contribution in [0, 0.1) is 19.9 Å². The van der Waals surface area contributed by atoms with Crippen LogP contribution in [-0.4, -0.2) is 19.9 Å². The molecule has 0 N–H and O–H groups in total. The maximum atomic E-state index is 4.79. The Kier molecular flexibility index (Phi) is 5.54. The van der Waals surface area contributed by atoms with Gasteiger partial charge < -0.3 is 4.98 Å². The molecule has 2 unspecified atom stereocenters. The molecule has 0 amide bonds. The van der Waals surface area contributed by atoms with Crippen LogP contribution in [-0.2, 0) is 30.9 Å². The van der Waals surface area contributed by atoms with Gasteiger partial charge in [0.2, 0.25) is 0 Å². The molecule has 0 aliphatic heterocycles. The van der Waals surface area contributed by atoms with Gasteiger partial charge in [-0.3, -0.25) is 0 Å². The molecule has 2 bridgehead atoms. The summed E-state index contributed by atoms with van der Waals surface area (Å²) >= 11 is 0. The molecule has 4 aromatic rings. The van der Waals surface area contributed by atoms with Gasteiger partial charge >= 0.3 is 0 Å². The predicted octanol–water partition coefficient (Wildman–Crippen LogP) is 6.40. The molecule has 5 heteroatoms. The Bertz CT molecular complexity index is 1360. The summed E-state index contributed by atoms with van der Waals surface area (Å²) in [6.45, 7) is 8.62. The van der Waals surface area contributed by atoms with Crippen LogP contribution in [0.4, 0.5) is 0 Å². The summed E-state index contributed by atoms with van der Waals surface area (Å²) in [5, 5.41) is 0. The smallest absolute Gasteiger partial charge is 0.163 e. The summed E-state index contributed by atoms with van der Waals surface area (Å²) < 4.78 is 0. The number of hydrogen-bond donors (Lipinski definition) is 0. The number of aryl methyl sites for hydroxylation is 2. The third kappa shape index (κ3) is 3.72. The van der Waals surface area contributed by atoms with Gasteiger partial charge in [0.1, 0.15) is 11.6 Å². The van der Waals surface area contributed by atoms with Crippen molar-refractivity contribution < 1.29 is 20.1 Å². The van der Waals surface area contributed by atoms with Gasteiger partial charge in [0, 0.05) is 31.9 Å². The Balaban J connectivity index is 0.00000241.